The van der Waals surface area contributed by atoms with E-state index >= 15 is 0 Å². The summed E-state index contributed by atoms with van der Waals surface area (Å²) in [6, 6.07) is 13.4. The number of benzene rings is 2. The second kappa shape index (κ2) is 8.95. The number of nitrogens with one attached hydrogen (secondary N) is 1. The van der Waals surface area contributed by atoms with Crippen molar-refractivity contribution in [2.45, 2.75) is 26.2 Å². The average molecular weight is 373 g/mol. The van der Waals surface area contributed by atoms with E-state index in [0.717, 1.165) is 37.4 Å². The van der Waals surface area contributed by atoms with Crippen molar-refractivity contribution >= 4 is 23.2 Å². The van der Waals surface area contributed by atoms with Gasteiger partial charge in [-0.2, -0.15) is 0 Å². The van der Waals surface area contributed by atoms with Crippen molar-refractivity contribution in [3.8, 4) is 5.75 Å². The zero-order valence-corrected chi connectivity index (χ0v) is 15.9. The minimum Gasteiger partial charge on any atom is -0.492 e. The number of carbonyl (C=O) groups excluding carboxylic acids is 1. The van der Waals surface area contributed by atoms with Crippen molar-refractivity contribution in [3.05, 3.63) is 58.6 Å². The molecule has 0 unspecified atom stereocenters. The van der Waals surface area contributed by atoms with Crippen molar-refractivity contribution in [2.75, 3.05) is 31.6 Å². The van der Waals surface area contributed by atoms with Gasteiger partial charge in [-0.25, -0.2) is 0 Å². The Labute approximate surface area is 160 Å². The topological polar surface area (TPSA) is 41.6 Å². The predicted octanol–water partition coefficient (Wildman–Crippen LogP) is 4.77. The van der Waals surface area contributed by atoms with E-state index in [9.17, 15) is 4.79 Å². The molecule has 0 radical (unpaired) electrons. The Balaban J connectivity index is 1.60. The highest BCUT2D eigenvalue weighted by molar-refractivity contribution is 6.31. The van der Waals surface area contributed by atoms with E-state index in [0.29, 0.717) is 23.7 Å². The number of rotatable bonds is 6. The SMILES string of the molecule is Cc1ccc(OCCNc2cc(Cl)ccc2C(=O)N2CCCCC2)cc1. The van der Waals surface area contributed by atoms with Crippen LogP contribution in [0.15, 0.2) is 42.5 Å². The lowest BCUT2D eigenvalue weighted by atomic mass is 10.1. The predicted molar refractivity (Wildman–Crippen MR) is 106 cm³/mol. The first-order valence-electron chi connectivity index (χ1n) is 9.15. The van der Waals surface area contributed by atoms with Crippen LogP contribution in [0.25, 0.3) is 0 Å². The summed E-state index contributed by atoms with van der Waals surface area (Å²) in [7, 11) is 0. The first-order valence-corrected chi connectivity index (χ1v) is 9.53. The first-order chi connectivity index (χ1) is 12.6. The van der Waals surface area contributed by atoms with Crippen LogP contribution in [-0.4, -0.2) is 37.0 Å². The van der Waals surface area contributed by atoms with E-state index in [1.54, 1.807) is 6.07 Å². The Bertz CT molecular complexity index is 740. The molecule has 3 rings (SSSR count). The van der Waals surface area contributed by atoms with E-state index in [1.165, 1.54) is 12.0 Å². The van der Waals surface area contributed by atoms with Crippen LogP contribution < -0.4 is 10.1 Å². The maximum atomic E-state index is 12.8. The van der Waals surface area contributed by atoms with Crippen LogP contribution >= 0.6 is 11.6 Å². The molecule has 1 aliphatic rings. The number of hydrogen-bond acceptors (Lipinski definition) is 3. The molecule has 1 heterocycles. The summed E-state index contributed by atoms with van der Waals surface area (Å²) in [5.41, 5.74) is 2.64. The zero-order valence-electron chi connectivity index (χ0n) is 15.1. The second-order valence-corrected chi connectivity index (χ2v) is 7.07. The number of anilines is 1. The van der Waals surface area contributed by atoms with E-state index in [2.05, 4.69) is 5.32 Å². The number of ether oxygens (including phenoxy) is 1. The normalized spacial score (nSPS) is 14.2. The lowest BCUT2D eigenvalue weighted by Crippen LogP contribution is -2.36. The summed E-state index contributed by atoms with van der Waals surface area (Å²) in [6.07, 6.45) is 3.35. The number of piperidine rings is 1. The van der Waals surface area contributed by atoms with Gasteiger partial charge >= 0.3 is 0 Å². The third kappa shape index (κ3) is 4.92. The fourth-order valence-electron chi connectivity index (χ4n) is 3.11. The highest BCUT2D eigenvalue weighted by Gasteiger charge is 2.20. The summed E-state index contributed by atoms with van der Waals surface area (Å²) in [5.74, 6) is 0.913. The molecular formula is C21H25ClN2O2. The average Bonchev–Trinajstić information content (AvgIpc) is 2.67. The van der Waals surface area contributed by atoms with Crippen molar-refractivity contribution in [3.63, 3.8) is 0 Å². The molecule has 0 aromatic heterocycles. The lowest BCUT2D eigenvalue weighted by Gasteiger charge is -2.27. The third-order valence-corrected chi connectivity index (χ3v) is 4.80. The Kier molecular flexibility index (Phi) is 6.40. The van der Waals surface area contributed by atoms with Gasteiger partial charge in [-0.05, 0) is 56.5 Å². The highest BCUT2D eigenvalue weighted by Crippen LogP contribution is 2.24. The molecule has 0 atom stereocenters. The third-order valence-electron chi connectivity index (χ3n) is 4.56. The monoisotopic (exact) mass is 372 g/mol. The number of carbonyl (C=O) groups is 1. The number of hydrogen-bond donors (Lipinski definition) is 1. The van der Waals surface area contributed by atoms with Crippen LogP contribution in [-0.2, 0) is 0 Å². The van der Waals surface area contributed by atoms with Gasteiger partial charge in [0, 0.05) is 30.3 Å². The van der Waals surface area contributed by atoms with Gasteiger partial charge in [-0.1, -0.05) is 29.3 Å². The van der Waals surface area contributed by atoms with E-state index in [1.807, 2.05) is 48.2 Å². The molecule has 5 heteroatoms. The van der Waals surface area contributed by atoms with E-state index in [-0.39, 0.29) is 5.91 Å². The van der Waals surface area contributed by atoms with Crippen LogP contribution in [0.3, 0.4) is 0 Å². The Morgan fingerprint density at radius 1 is 1.12 bits per heavy atom. The molecule has 1 fully saturated rings. The van der Waals surface area contributed by atoms with Gasteiger partial charge in [0.1, 0.15) is 12.4 Å². The summed E-state index contributed by atoms with van der Waals surface area (Å²) in [4.78, 5) is 14.8. The Hall–Kier alpha value is -2.20. The Morgan fingerprint density at radius 2 is 1.85 bits per heavy atom. The molecule has 1 amide bonds. The molecule has 2 aromatic rings. The molecule has 0 spiro atoms. The second-order valence-electron chi connectivity index (χ2n) is 6.63. The minimum absolute atomic E-state index is 0.0725. The van der Waals surface area contributed by atoms with Crippen molar-refractivity contribution in [2.24, 2.45) is 0 Å². The standard InChI is InChI=1S/C21H25ClN2O2/c1-16-5-8-18(9-6-16)26-14-11-23-20-15-17(22)7-10-19(20)21(25)24-12-3-2-4-13-24/h5-10,15,23H,2-4,11-14H2,1H3. The zero-order chi connectivity index (χ0) is 18.4. The van der Waals surface area contributed by atoms with Crippen molar-refractivity contribution in [1.82, 2.24) is 4.90 Å². The van der Waals surface area contributed by atoms with Crippen LogP contribution in [0.4, 0.5) is 5.69 Å². The number of aryl methyl sites for hydroxylation is 1. The molecule has 26 heavy (non-hydrogen) atoms. The van der Waals surface area contributed by atoms with E-state index < -0.39 is 0 Å². The molecule has 2 aromatic carbocycles. The molecule has 0 aliphatic carbocycles. The molecule has 138 valence electrons. The van der Waals surface area contributed by atoms with Crippen molar-refractivity contribution < 1.29 is 9.53 Å². The lowest BCUT2D eigenvalue weighted by molar-refractivity contribution is 0.0725. The molecule has 1 aliphatic heterocycles. The van der Waals surface area contributed by atoms with Gasteiger partial charge in [-0.15, -0.1) is 0 Å². The highest BCUT2D eigenvalue weighted by atomic mass is 35.5. The summed E-state index contributed by atoms with van der Waals surface area (Å²) in [5, 5.41) is 3.91. The number of halogens is 1. The number of likely N-dealkylation sites (tertiary alicyclic amines) is 1. The molecule has 0 bridgehead atoms. The minimum atomic E-state index is 0.0725. The van der Waals surface area contributed by atoms with Gasteiger partial charge in [0.05, 0.1) is 5.56 Å². The molecule has 1 N–H and O–H groups in total. The van der Waals surface area contributed by atoms with Gasteiger partial charge in [0.15, 0.2) is 0 Å². The number of nitrogens with zero attached hydrogens (tertiary/aromatic N) is 1. The quantitative estimate of drug-likeness (QED) is 0.743. The molecular weight excluding hydrogens is 348 g/mol. The fraction of sp³-hybridized carbons (Fsp3) is 0.381. The smallest absolute Gasteiger partial charge is 0.255 e. The summed E-state index contributed by atoms with van der Waals surface area (Å²) >= 11 is 6.13. The molecule has 4 nitrogen and oxygen atoms in total. The van der Waals surface area contributed by atoms with Gasteiger partial charge in [0.2, 0.25) is 0 Å². The Morgan fingerprint density at radius 3 is 2.58 bits per heavy atom. The van der Waals surface area contributed by atoms with E-state index in [4.69, 9.17) is 16.3 Å². The van der Waals surface area contributed by atoms with Crippen LogP contribution in [0.1, 0.15) is 35.2 Å². The maximum absolute atomic E-state index is 12.8. The first kappa shape index (κ1) is 18.6. The van der Waals surface area contributed by atoms with Gasteiger partial charge in [-0.3, -0.25) is 4.79 Å². The van der Waals surface area contributed by atoms with Gasteiger partial charge in [0.25, 0.3) is 5.91 Å². The summed E-state index contributed by atoms with van der Waals surface area (Å²) in [6.45, 7) is 4.81. The molecule has 0 saturated carbocycles. The van der Waals surface area contributed by atoms with Gasteiger partial charge < -0.3 is 15.0 Å². The fourth-order valence-corrected chi connectivity index (χ4v) is 3.28. The van der Waals surface area contributed by atoms with Crippen LogP contribution in [0.5, 0.6) is 5.75 Å². The van der Waals surface area contributed by atoms with Crippen LogP contribution in [0.2, 0.25) is 5.02 Å². The summed E-state index contributed by atoms with van der Waals surface area (Å²) < 4.78 is 5.74. The number of amides is 1. The van der Waals surface area contributed by atoms with Crippen LogP contribution in [0, 0.1) is 6.92 Å². The largest absolute Gasteiger partial charge is 0.492 e. The van der Waals surface area contributed by atoms with Crippen molar-refractivity contribution in [1.29, 1.82) is 0 Å². The maximum Gasteiger partial charge on any atom is 0.255 e. The molecule has 1 saturated heterocycles.